The second-order valence-corrected chi connectivity index (χ2v) is 9.61. The predicted octanol–water partition coefficient (Wildman–Crippen LogP) is 1.26. The van der Waals surface area contributed by atoms with Crippen LogP contribution in [0.15, 0.2) is 71.8 Å². The Labute approximate surface area is 260 Å². The van der Waals surface area contributed by atoms with E-state index in [1.165, 1.54) is 18.3 Å². The number of nitrogen functional groups attached to an aromatic ring is 3. The lowest BCUT2D eigenvalue weighted by atomic mass is 10.1. The number of carbonyl (C=O) groups is 3. The summed E-state index contributed by atoms with van der Waals surface area (Å²) in [5.74, 6) is -2.55. The molecule has 46 heavy (non-hydrogen) atoms. The summed E-state index contributed by atoms with van der Waals surface area (Å²) in [6.45, 7) is 0.231. The van der Waals surface area contributed by atoms with Crippen molar-refractivity contribution in [3.63, 3.8) is 0 Å². The Morgan fingerprint density at radius 1 is 0.891 bits per heavy atom. The molecule has 1 atom stereocenters. The van der Waals surface area contributed by atoms with Gasteiger partial charge in [-0.2, -0.15) is 9.97 Å². The number of aliphatic carboxylic acids is 2. The first-order valence-corrected chi connectivity index (χ1v) is 13.5. The highest BCUT2D eigenvalue weighted by molar-refractivity contribution is 5.97. The third-order valence-corrected chi connectivity index (χ3v) is 6.28. The first-order valence-electron chi connectivity index (χ1n) is 13.5. The summed E-state index contributed by atoms with van der Waals surface area (Å²) in [5, 5.41) is 23.2. The summed E-state index contributed by atoms with van der Waals surface area (Å²) in [5.41, 5.74) is 19.4. The lowest BCUT2D eigenvalue weighted by Gasteiger charge is -2.14. The molecule has 5 aromatic rings. The molecule has 0 fully saturated rings. The lowest BCUT2D eigenvalue weighted by molar-refractivity contribution is -0.140. The van der Waals surface area contributed by atoms with Gasteiger partial charge in [0, 0.05) is 29.4 Å². The molecule has 0 saturated heterocycles. The molecular weight excluding hydrogens is 598 g/mol. The number of carboxylic acids is 2. The number of nitrogens with one attached hydrogen (secondary N) is 3. The number of aromatic nitrogens is 6. The average Bonchev–Trinajstić information content (AvgIpc) is 3.03. The van der Waals surface area contributed by atoms with Gasteiger partial charge in [0.25, 0.3) is 11.5 Å². The highest BCUT2D eigenvalue weighted by Gasteiger charge is 2.21. The van der Waals surface area contributed by atoms with Crippen molar-refractivity contribution < 1.29 is 24.6 Å². The molecule has 0 aliphatic carbocycles. The zero-order valence-corrected chi connectivity index (χ0v) is 24.0. The summed E-state index contributed by atoms with van der Waals surface area (Å²) >= 11 is 0. The van der Waals surface area contributed by atoms with Gasteiger partial charge in [-0.15, -0.1) is 0 Å². The molecular formula is C29H29N11O6. The maximum atomic E-state index is 12.3. The predicted molar refractivity (Wildman–Crippen MR) is 168 cm³/mol. The molecule has 0 bridgehead atoms. The standard InChI is InChI=1S/C19H19N7O6.C10H10N4/c20-19-25-15-14(17(30)26-19)23-11(8-22-15)7-21-10-3-1-9(2-4-10)16(29)24-12(18(31)32)5-6-13(27)28;11-9-8(6-13-10(12)14-9)7-4-2-1-3-5-7/h1-4,8,12,21H,5-7H2,(H,24,29)(H,27,28)(H,31,32)(H3,20,22,25,26,30);1-6H,(H4,11,12,13,14). The Morgan fingerprint density at radius 3 is 2.26 bits per heavy atom. The van der Waals surface area contributed by atoms with E-state index in [2.05, 4.69) is 40.5 Å². The summed E-state index contributed by atoms with van der Waals surface area (Å²) in [6.07, 6.45) is 2.47. The molecule has 5 rings (SSSR count). The van der Waals surface area contributed by atoms with Crippen LogP contribution in [0.5, 0.6) is 0 Å². The van der Waals surface area contributed by atoms with Crippen molar-refractivity contribution in [2.45, 2.75) is 25.4 Å². The van der Waals surface area contributed by atoms with Gasteiger partial charge in [0.15, 0.2) is 11.2 Å². The Balaban J connectivity index is 0.000000284. The molecule has 2 aromatic carbocycles. The number of rotatable bonds is 10. The van der Waals surface area contributed by atoms with Gasteiger partial charge in [0.05, 0.1) is 18.4 Å². The van der Waals surface area contributed by atoms with Gasteiger partial charge in [-0.3, -0.25) is 19.4 Å². The quantitative estimate of drug-likeness (QED) is 0.108. The number of nitrogens with two attached hydrogens (primary N) is 3. The van der Waals surface area contributed by atoms with E-state index in [9.17, 15) is 19.2 Å². The van der Waals surface area contributed by atoms with Crippen LogP contribution in [-0.2, 0) is 16.1 Å². The molecule has 0 spiro atoms. The van der Waals surface area contributed by atoms with Crippen LogP contribution in [0.2, 0.25) is 0 Å². The minimum absolute atomic E-state index is 0.0524. The Kier molecular flexibility index (Phi) is 10.3. The monoisotopic (exact) mass is 627 g/mol. The molecule has 3 heterocycles. The number of hydrogen-bond acceptors (Lipinski definition) is 13. The van der Waals surface area contributed by atoms with E-state index in [0.29, 0.717) is 17.2 Å². The van der Waals surface area contributed by atoms with Crippen molar-refractivity contribution in [1.82, 2.24) is 35.2 Å². The maximum absolute atomic E-state index is 12.3. The fraction of sp³-hybridized carbons (Fsp3) is 0.138. The number of benzene rings is 2. The first-order chi connectivity index (χ1) is 22.0. The van der Waals surface area contributed by atoms with Crippen LogP contribution in [0.3, 0.4) is 0 Å². The lowest BCUT2D eigenvalue weighted by Crippen LogP contribution is -2.41. The summed E-state index contributed by atoms with van der Waals surface area (Å²) in [6, 6.07) is 14.6. The molecule has 0 aliphatic rings. The van der Waals surface area contributed by atoms with Crippen molar-refractivity contribution in [3.8, 4) is 11.1 Å². The smallest absolute Gasteiger partial charge is 0.326 e. The number of amides is 1. The zero-order valence-electron chi connectivity index (χ0n) is 24.0. The molecule has 236 valence electrons. The van der Waals surface area contributed by atoms with Crippen LogP contribution in [0.4, 0.5) is 23.4 Å². The van der Waals surface area contributed by atoms with Gasteiger partial charge in [-0.25, -0.2) is 19.7 Å². The first kappa shape index (κ1) is 32.3. The molecule has 1 unspecified atom stereocenters. The molecule has 17 heteroatoms. The number of hydrogen-bond donors (Lipinski definition) is 8. The molecule has 11 N–H and O–H groups in total. The van der Waals surface area contributed by atoms with Gasteiger partial charge >= 0.3 is 11.9 Å². The number of fused-ring (bicyclic) bond motifs is 1. The fourth-order valence-corrected chi connectivity index (χ4v) is 4.00. The van der Waals surface area contributed by atoms with Crippen LogP contribution >= 0.6 is 0 Å². The number of anilines is 4. The van der Waals surface area contributed by atoms with E-state index < -0.39 is 29.4 Å². The van der Waals surface area contributed by atoms with Gasteiger partial charge in [0.2, 0.25) is 11.9 Å². The summed E-state index contributed by atoms with van der Waals surface area (Å²) in [7, 11) is 0. The number of aromatic amines is 1. The Morgan fingerprint density at radius 2 is 1.61 bits per heavy atom. The summed E-state index contributed by atoms with van der Waals surface area (Å²) in [4.78, 5) is 68.4. The van der Waals surface area contributed by atoms with Crippen molar-refractivity contribution in [2.24, 2.45) is 0 Å². The number of carbonyl (C=O) groups excluding carboxylic acids is 1. The van der Waals surface area contributed by atoms with E-state index >= 15 is 0 Å². The Hall–Kier alpha value is -6.65. The van der Waals surface area contributed by atoms with Gasteiger partial charge in [0.1, 0.15) is 11.9 Å². The van der Waals surface area contributed by atoms with Crippen molar-refractivity contribution in [1.29, 1.82) is 0 Å². The second kappa shape index (κ2) is 14.7. The summed E-state index contributed by atoms with van der Waals surface area (Å²) < 4.78 is 0. The fourth-order valence-electron chi connectivity index (χ4n) is 4.00. The van der Waals surface area contributed by atoms with E-state index in [-0.39, 0.29) is 48.0 Å². The maximum Gasteiger partial charge on any atom is 0.326 e. The van der Waals surface area contributed by atoms with E-state index in [1.54, 1.807) is 18.3 Å². The highest BCUT2D eigenvalue weighted by atomic mass is 16.4. The van der Waals surface area contributed by atoms with E-state index in [4.69, 9.17) is 27.4 Å². The minimum atomic E-state index is -1.31. The highest BCUT2D eigenvalue weighted by Crippen LogP contribution is 2.23. The number of carboxylic acid groups (broad SMARTS) is 2. The molecule has 0 radical (unpaired) electrons. The van der Waals surface area contributed by atoms with Crippen molar-refractivity contribution in [3.05, 3.63) is 88.6 Å². The topological polar surface area (TPSA) is 291 Å². The van der Waals surface area contributed by atoms with E-state index in [1.807, 2.05) is 30.3 Å². The largest absolute Gasteiger partial charge is 0.481 e. The number of nitrogens with zero attached hydrogens (tertiary/aromatic N) is 5. The molecule has 0 saturated carbocycles. The van der Waals surface area contributed by atoms with E-state index in [0.717, 1.165) is 11.1 Å². The number of H-pyrrole nitrogens is 1. The third kappa shape index (κ3) is 8.69. The second-order valence-electron chi connectivity index (χ2n) is 9.61. The van der Waals surface area contributed by atoms with Crippen LogP contribution in [0, 0.1) is 0 Å². The van der Waals surface area contributed by atoms with Crippen LogP contribution < -0.4 is 33.4 Å². The van der Waals surface area contributed by atoms with Crippen molar-refractivity contribution >= 4 is 52.4 Å². The normalized spacial score (nSPS) is 11.1. The van der Waals surface area contributed by atoms with Crippen LogP contribution in [-0.4, -0.2) is 64.0 Å². The van der Waals surface area contributed by atoms with Gasteiger partial charge in [-0.1, -0.05) is 30.3 Å². The molecule has 17 nitrogen and oxygen atoms in total. The molecule has 3 aromatic heterocycles. The van der Waals surface area contributed by atoms with Crippen LogP contribution in [0.1, 0.15) is 28.9 Å². The SMILES string of the molecule is Nc1nc2ncc(CNc3ccc(C(=O)NC(CCC(=O)O)C(=O)O)cc3)nc2c(=O)[nH]1.Nc1ncc(-c2ccccc2)c(N)n1. The van der Waals surface area contributed by atoms with Gasteiger partial charge in [-0.05, 0) is 36.2 Å². The molecule has 0 aliphatic heterocycles. The third-order valence-electron chi connectivity index (χ3n) is 6.28. The van der Waals surface area contributed by atoms with Crippen LogP contribution in [0.25, 0.3) is 22.3 Å². The zero-order chi connectivity index (χ0) is 33.2. The minimum Gasteiger partial charge on any atom is -0.481 e. The van der Waals surface area contributed by atoms with Crippen molar-refractivity contribution in [2.75, 3.05) is 22.5 Å². The van der Waals surface area contributed by atoms with Gasteiger partial charge < -0.3 is 38.0 Å². The Bertz CT molecular complexity index is 1920. The average molecular weight is 628 g/mol. The molecule has 1 amide bonds.